The number of para-hydroxylation sites is 2. The van der Waals surface area contributed by atoms with Gasteiger partial charge in [-0.25, -0.2) is 9.97 Å². The first kappa shape index (κ1) is 10.5. The third kappa shape index (κ3) is 1.57. The van der Waals surface area contributed by atoms with E-state index < -0.39 is 0 Å². The summed E-state index contributed by atoms with van der Waals surface area (Å²) < 4.78 is 1.81. The van der Waals surface area contributed by atoms with Gasteiger partial charge in [0, 0.05) is 24.8 Å². The fraction of sp³-hybridized carbons (Fsp3) is 0.167. The standard InChI is InChI=1S/C12H10ClN3O/c13-11-8(5-6-17)7-14-12-15-9-3-1-2-4-10(9)16(11)12/h1-4,7,17H,5-6H2. The zero-order valence-electron chi connectivity index (χ0n) is 8.97. The molecule has 0 aliphatic carbocycles. The molecule has 3 aromatic rings. The van der Waals surface area contributed by atoms with Gasteiger partial charge in [-0.1, -0.05) is 23.7 Å². The monoisotopic (exact) mass is 247 g/mol. The van der Waals surface area contributed by atoms with E-state index in [1.54, 1.807) is 6.20 Å². The lowest BCUT2D eigenvalue weighted by molar-refractivity contribution is 0.299. The van der Waals surface area contributed by atoms with Gasteiger partial charge < -0.3 is 5.11 Å². The van der Waals surface area contributed by atoms with Crippen LogP contribution >= 0.6 is 11.6 Å². The van der Waals surface area contributed by atoms with Gasteiger partial charge in [0.15, 0.2) is 0 Å². The Balaban J connectivity index is 2.40. The largest absolute Gasteiger partial charge is 0.396 e. The zero-order valence-corrected chi connectivity index (χ0v) is 9.72. The lowest BCUT2D eigenvalue weighted by Gasteiger charge is -2.04. The van der Waals surface area contributed by atoms with Crippen LogP contribution in [0.3, 0.4) is 0 Å². The highest BCUT2D eigenvalue weighted by atomic mass is 35.5. The number of aliphatic hydroxyl groups excluding tert-OH is 1. The normalized spacial score (nSPS) is 11.4. The van der Waals surface area contributed by atoms with Gasteiger partial charge in [0.05, 0.1) is 11.0 Å². The van der Waals surface area contributed by atoms with E-state index in [1.165, 1.54) is 0 Å². The first-order chi connectivity index (χ1) is 8.31. The second kappa shape index (κ2) is 3.98. The van der Waals surface area contributed by atoms with E-state index in [1.807, 2.05) is 28.7 Å². The van der Waals surface area contributed by atoms with Gasteiger partial charge in [-0.3, -0.25) is 4.40 Å². The summed E-state index contributed by atoms with van der Waals surface area (Å²) in [6, 6.07) is 7.74. The number of aromatic nitrogens is 3. The first-order valence-corrected chi connectivity index (χ1v) is 5.70. The molecule has 0 atom stereocenters. The summed E-state index contributed by atoms with van der Waals surface area (Å²) in [5.74, 6) is 0.581. The van der Waals surface area contributed by atoms with Crippen molar-refractivity contribution in [2.75, 3.05) is 6.61 Å². The van der Waals surface area contributed by atoms with E-state index >= 15 is 0 Å². The van der Waals surface area contributed by atoms with Gasteiger partial charge in [0.25, 0.3) is 0 Å². The zero-order chi connectivity index (χ0) is 11.8. The number of aliphatic hydroxyl groups is 1. The van der Waals surface area contributed by atoms with Crippen molar-refractivity contribution in [2.24, 2.45) is 0 Å². The van der Waals surface area contributed by atoms with E-state index in [4.69, 9.17) is 16.7 Å². The van der Waals surface area contributed by atoms with Gasteiger partial charge in [-0.05, 0) is 12.1 Å². The number of hydrogen-bond donors (Lipinski definition) is 1. The van der Waals surface area contributed by atoms with Crippen LogP contribution in [0.15, 0.2) is 30.5 Å². The van der Waals surface area contributed by atoms with E-state index in [0.717, 1.165) is 16.6 Å². The average molecular weight is 248 g/mol. The van der Waals surface area contributed by atoms with Gasteiger partial charge in [-0.15, -0.1) is 0 Å². The van der Waals surface area contributed by atoms with Crippen molar-refractivity contribution in [2.45, 2.75) is 6.42 Å². The van der Waals surface area contributed by atoms with Crippen molar-refractivity contribution in [1.29, 1.82) is 0 Å². The fourth-order valence-corrected chi connectivity index (χ4v) is 2.22. The molecule has 0 bridgehead atoms. The Morgan fingerprint density at radius 1 is 1.29 bits per heavy atom. The summed E-state index contributed by atoms with van der Waals surface area (Å²) in [5, 5.41) is 9.54. The number of imidazole rings is 1. The minimum absolute atomic E-state index is 0.0551. The van der Waals surface area contributed by atoms with Crippen molar-refractivity contribution < 1.29 is 5.11 Å². The maximum Gasteiger partial charge on any atom is 0.235 e. The lowest BCUT2D eigenvalue weighted by Crippen LogP contribution is -1.99. The number of nitrogens with zero attached hydrogens (tertiary/aromatic N) is 3. The maximum atomic E-state index is 8.97. The van der Waals surface area contributed by atoms with Crippen molar-refractivity contribution in [1.82, 2.24) is 14.4 Å². The summed E-state index contributed by atoms with van der Waals surface area (Å²) in [7, 11) is 0. The van der Waals surface area contributed by atoms with Crippen molar-refractivity contribution in [3.63, 3.8) is 0 Å². The van der Waals surface area contributed by atoms with Crippen molar-refractivity contribution in [3.8, 4) is 0 Å². The molecule has 3 rings (SSSR count). The molecule has 86 valence electrons. The molecule has 0 spiro atoms. The lowest BCUT2D eigenvalue weighted by atomic mass is 10.2. The van der Waals surface area contributed by atoms with Gasteiger partial charge in [0.1, 0.15) is 5.15 Å². The minimum Gasteiger partial charge on any atom is -0.396 e. The molecule has 0 saturated carbocycles. The summed E-state index contributed by atoms with van der Waals surface area (Å²) in [6.07, 6.45) is 2.16. The summed E-state index contributed by atoms with van der Waals surface area (Å²) in [4.78, 5) is 8.64. The number of fused-ring (bicyclic) bond motifs is 3. The van der Waals surface area contributed by atoms with Gasteiger partial charge >= 0.3 is 0 Å². The van der Waals surface area contributed by atoms with Crippen LogP contribution in [-0.4, -0.2) is 26.1 Å². The van der Waals surface area contributed by atoms with Crippen LogP contribution < -0.4 is 0 Å². The maximum absolute atomic E-state index is 8.97. The van der Waals surface area contributed by atoms with Crippen molar-refractivity contribution >= 4 is 28.4 Å². The third-order valence-corrected chi connectivity index (χ3v) is 3.13. The van der Waals surface area contributed by atoms with Crippen LogP contribution in [-0.2, 0) is 6.42 Å². The quantitative estimate of drug-likeness (QED) is 0.706. The minimum atomic E-state index is 0.0551. The van der Waals surface area contributed by atoms with Crippen LogP contribution in [0.1, 0.15) is 5.56 Å². The fourth-order valence-electron chi connectivity index (χ4n) is 1.91. The number of hydrogen-bond acceptors (Lipinski definition) is 3. The first-order valence-electron chi connectivity index (χ1n) is 5.32. The second-order valence-electron chi connectivity index (χ2n) is 3.78. The van der Waals surface area contributed by atoms with E-state index in [0.29, 0.717) is 17.4 Å². The predicted molar refractivity (Wildman–Crippen MR) is 66.3 cm³/mol. The second-order valence-corrected chi connectivity index (χ2v) is 4.14. The van der Waals surface area contributed by atoms with E-state index in [-0.39, 0.29) is 6.61 Å². The highest BCUT2D eigenvalue weighted by molar-refractivity contribution is 6.30. The molecule has 1 N–H and O–H groups in total. The Bertz CT molecular complexity index is 693. The highest BCUT2D eigenvalue weighted by Gasteiger charge is 2.11. The van der Waals surface area contributed by atoms with Crippen LogP contribution in [0.5, 0.6) is 0 Å². The van der Waals surface area contributed by atoms with Crippen LogP contribution in [0.4, 0.5) is 0 Å². The van der Waals surface area contributed by atoms with Gasteiger partial charge in [-0.2, -0.15) is 0 Å². The molecule has 0 amide bonds. The molecule has 0 saturated heterocycles. The summed E-state index contributed by atoms with van der Waals surface area (Å²) in [5.41, 5.74) is 2.62. The number of rotatable bonds is 2. The summed E-state index contributed by atoms with van der Waals surface area (Å²) in [6.45, 7) is 0.0551. The van der Waals surface area contributed by atoms with E-state index in [2.05, 4.69) is 9.97 Å². The van der Waals surface area contributed by atoms with Crippen molar-refractivity contribution in [3.05, 3.63) is 41.2 Å². The number of halogens is 1. The molecule has 0 unspecified atom stereocenters. The predicted octanol–water partition coefficient (Wildman–Crippen LogP) is 2.07. The van der Waals surface area contributed by atoms with Crippen LogP contribution in [0.25, 0.3) is 16.8 Å². The molecule has 17 heavy (non-hydrogen) atoms. The Morgan fingerprint density at radius 2 is 2.12 bits per heavy atom. The van der Waals surface area contributed by atoms with Crippen LogP contribution in [0.2, 0.25) is 5.15 Å². The molecule has 1 aromatic carbocycles. The molecule has 0 fully saturated rings. The average Bonchev–Trinajstić information content (AvgIpc) is 2.72. The van der Waals surface area contributed by atoms with E-state index in [9.17, 15) is 0 Å². The Hall–Kier alpha value is -1.65. The molecule has 2 heterocycles. The Morgan fingerprint density at radius 3 is 2.94 bits per heavy atom. The molecule has 5 heteroatoms. The molecular weight excluding hydrogens is 238 g/mol. The Labute approximate surface area is 102 Å². The molecule has 0 radical (unpaired) electrons. The van der Waals surface area contributed by atoms with Crippen LogP contribution in [0, 0.1) is 0 Å². The SMILES string of the molecule is OCCc1cnc2nc3ccccc3n2c1Cl. The van der Waals surface area contributed by atoms with Gasteiger partial charge in [0.2, 0.25) is 5.78 Å². The molecular formula is C12H10ClN3O. The molecule has 4 nitrogen and oxygen atoms in total. The highest BCUT2D eigenvalue weighted by Crippen LogP contribution is 2.23. The topological polar surface area (TPSA) is 50.4 Å². The molecule has 0 aliphatic heterocycles. The smallest absolute Gasteiger partial charge is 0.235 e. The Kier molecular flexibility index (Phi) is 2.46. The molecule has 2 aromatic heterocycles. The number of benzene rings is 1. The molecule has 0 aliphatic rings. The summed E-state index contributed by atoms with van der Waals surface area (Å²) >= 11 is 6.31. The third-order valence-electron chi connectivity index (χ3n) is 2.72.